The molecule has 2 radical (unpaired) electrons. The second-order valence-electron chi connectivity index (χ2n) is 3.58. The number of benzene rings is 1. The topological polar surface area (TPSA) is 22.1 Å². The van der Waals surface area contributed by atoms with Crippen molar-refractivity contribution < 1.29 is 4.74 Å². The summed E-state index contributed by atoms with van der Waals surface area (Å²) in [7, 11) is 7.56. The van der Waals surface area contributed by atoms with Crippen LogP contribution < -0.4 is 4.74 Å². The minimum Gasteiger partial charge on any atom is -0.497 e. The summed E-state index contributed by atoms with van der Waals surface area (Å²) in [5.74, 6) is 0.778. The van der Waals surface area contributed by atoms with Crippen molar-refractivity contribution >= 4 is 18.7 Å². The van der Waals surface area contributed by atoms with Crippen molar-refractivity contribution in [1.29, 1.82) is 0 Å². The quantitative estimate of drug-likeness (QED) is 0.690. The van der Waals surface area contributed by atoms with E-state index >= 15 is 0 Å². The second-order valence-corrected chi connectivity index (χ2v) is 3.58. The van der Waals surface area contributed by atoms with Gasteiger partial charge in [0, 0.05) is 11.6 Å². The summed E-state index contributed by atoms with van der Waals surface area (Å²) in [4.78, 5) is 4.34. The van der Waals surface area contributed by atoms with Crippen LogP contribution >= 0.6 is 0 Å². The molecule has 3 heteroatoms. The zero-order chi connectivity index (χ0) is 10.8. The highest BCUT2D eigenvalue weighted by molar-refractivity contribution is 6.13. The van der Waals surface area contributed by atoms with Crippen molar-refractivity contribution in [3.05, 3.63) is 36.0 Å². The first-order chi connectivity index (χ1) is 7.22. The van der Waals surface area contributed by atoms with Gasteiger partial charge in [0.05, 0.1) is 20.5 Å². The van der Waals surface area contributed by atoms with Gasteiger partial charge in [-0.2, -0.15) is 0 Å². The number of methoxy groups -OCH3 is 1. The van der Waals surface area contributed by atoms with Crippen molar-refractivity contribution in [1.82, 2.24) is 4.98 Å². The molecule has 0 amide bonds. The Morgan fingerprint density at radius 2 is 2.20 bits per heavy atom. The number of ether oxygens (including phenoxy) is 1. The molecule has 1 unspecified atom stereocenters. The second kappa shape index (κ2) is 3.93. The summed E-state index contributed by atoms with van der Waals surface area (Å²) in [5, 5.41) is 1.06. The van der Waals surface area contributed by atoms with Crippen LogP contribution in [0.15, 0.2) is 30.5 Å². The van der Waals surface area contributed by atoms with Crippen LogP contribution in [-0.2, 0) is 0 Å². The van der Waals surface area contributed by atoms with Gasteiger partial charge in [0.1, 0.15) is 5.75 Å². The fraction of sp³-hybridized carbons (Fsp3) is 0.250. The third-order valence-electron chi connectivity index (χ3n) is 2.43. The lowest BCUT2D eigenvalue weighted by Gasteiger charge is -2.11. The van der Waals surface area contributed by atoms with Crippen LogP contribution in [-0.4, -0.2) is 19.9 Å². The molecule has 74 valence electrons. The Kier molecular flexibility index (Phi) is 2.63. The average molecular weight is 197 g/mol. The number of hydrogen-bond donors (Lipinski definition) is 0. The fourth-order valence-electron chi connectivity index (χ4n) is 1.66. The van der Waals surface area contributed by atoms with E-state index in [4.69, 9.17) is 12.6 Å². The minimum absolute atomic E-state index is 0.0440. The minimum atomic E-state index is -0.0440. The molecule has 1 heterocycles. The average Bonchev–Trinajstić information content (AvgIpc) is 2.27. The Bertz CT molecular complexity index is 482. The van der Waals surface area contributed by atoms with Gasteiger partial charge >= 0.3 is 0 Å². The van der Waals surface area contributed by atoms with E-state index in [2.05, 4.69) is 4.98 Å². The summed E-state index contributed by atoms with van der Waals surface area (Å²) in [6.45, 7) is 1.95. The number of fused-ring (bicyclic) bond motifs is 1. The van der Waals surface area contributed by atoms with Gasteiger partial charge in [0.15, 0.2) is 0 Å². The molecular weight excluding hydrogens is 185 g/mol. The molecule has 2 rings (SSSR count). The highest BCUT2D eigenvalue weighted by atomic mass is 16.5. The summed E-state index contributed by atoms with van der Waals surface area (Å²) in [6.07, 6.45) is 1.78. The monoisotopic (exact) mass is 197 g/mol. The lowest BCUT2D eigenvalue weighted by molar-refractivity contribution is 0.415. The zero-order valence-electron chi connectivity index (χ0n) is 8.90. The molecule has 0 saturated heterocycles. The maximum absolute atomic E-state index is 5.91. The van der Waals surface area contributed by atoms with Crippen molar-refractivity contribution in [3.63, 3.8) is 0 Å². The predicted molar refractivity (Wildman–Crippen MR) is 62.5 cm³/mol. The standard InChI is InChI=1S/C12H12BNO/c1-8(13)11-7-10(15-2)6-9-4-3-5-14-12(9)11/h3-8H,1-2H3. The smallest absolute Gasteiger partial charge is 0.119 e. The molecule has 1 aromatic heterocycles. The van der Waals surface area contributed by atoms with Crippen molar-refractivity contribution in [3.8, 4) is 5.75 Å². The Hall–Kier alpha value is -1.51. The SMILES string of the molecule is [B]C(C)c1cc(OC)cc2cccnc12. The van der Waals surface area contributed by atoms with E-state index < -0.39 is 0 Å². The van der Waals surface area contributed by atoms with Crippen molar-refractivity contribution in [2.24, 2.45) is 0 Å². The third kappa shape index (κ3) is 1.82. The summed E-state index contributed by atoms with van der Waals surface area (Å²) >= 11 is 0. The van der Waals surface area contributed by atoms with Crippen LogP contribution in [0.2, 0.25) is 0 Å². The number of nitrogens with zero attached hydrogens (tertiary/aromatic N) is 1. The molecule has 1 atom stereocenters. The zero-order valence-corrected chi connectivity index (χ0v) is 8.90. The number of pyridine rings is 1. The molecule has 0 N–H and O–H groups in total. The molecule has 0 fully saturated rings. The van der Waals surface area contributed by atoms with Gasteiger partial charge < -0.3 is 4.74 Å². The first kappa shape index (κ1) is 10.0. The van der Waals surface area contributed by atoms with E-state index in [1.165, 1.54) is 0 Å². The van der Waals surface area contributed by atoms with Crippen LogP contribution in [0.4, 0.5) is 0 Å². The van der Waals surface area contributed by atoms with Gasteiger partial charge in [-0.05, 0) is 23.8 Å². The Morgan fingerprint density at radius 3 is 2.87 bits per heavy atom. The van der Waals surface area contributed by atoms with E-state index in [0.29, 0.717) is 0 Å². The van der Waals surface area contributed by atoms with Crippen molar-refractivity contribution in [2.75, 3.05) is 7.11 Å². The van der Waals surface area contributed by atoms with Crippen LogP contribution in [0, 0.1) is 0 Å². The van der Waals surface area contributed by atoms with E-state index in [9.17, 15) is 0 Å². The molecule has 0 saturated carbocycles. The van der Waals surface area contributed by atoms with E-state index in [0.717, 1.165) is 22.2 Å². The Labute approximate surface area is 90.7 Å². The van der Waals surface area contributed by atoms with Gasteiger partial charge in [-0.25, -0.2) is 0 Å². The van der Waals surface area contributed by atoms with Crippen LogP contribution in [0.25, 0.3) is 10.9 Å². The van der Waals surface area contributed by atoms with Gasteiger partial charge in [-0.3, -0.25) is 4.98 Å². The third-order valence-corrected chi connectivity index (χ3v) is 2.43. The van der Waals surface area contributed by atoms with Crippen molar-refractivity contribution in [2.45, 2.75) is 12.7 Å². The number of rotatable bonds is 2. The maximum atomic E-state index is 5.91. The maximum Gasteiger partial charge on any atom is 0.119 e. The lowest BCUT2D eigenvalue weighted by atomic mass is 9.82. The molecule has 2 aromatic rings. The highest BCUT2D eigenvalue weighted by Gasteiger charge is 2.08. The highest BCUT2D eigenvalue weighted by Crippen LogP contribution is 2.27. The molecule has 0 bridgehead atoms. The summed E-state index contributed by atoms with van der Waals surface area (Å²) in [6, 6.07) is 7.83. The molecule has 2 nitrogen and oxygen atoms in total. The summed E-state index contributed by atoms with van der Waals surface area (Å²) in [5.41, 5.74) is 1.97. The number of hydrogen-bond acceptors (Lipinski definition) is 2. The molecule has 15 heavy (non-hydrogen) atoms. The number of aromatic nitrogens is 1. The molecule has 0 spiro atoms. The Morgan fingerprint density at radius 1 is 1.40 bits per heavy atom. The van der Waals surface area contributed by atoms with Gasteiger partial charge in [-0.1, -0.05) is 18.8 Å². The van der Waals surface area contributed by atoms with Crippen LogP contribution in [0.1, 0.15) is 18.3 Å². The largest absolute Gasteiger partial charge is 0.497 e. The normalized spacial score (nSPS) is 12.7. The molecule has 0 aliphatic rings. The van der Waals surface area contributed by atoms with E-state index in [-0.39, 0.29) is 5.82 Å². The Balaban J connectivity index is 2.74. The van der Waals surface area contributed by atoms with Gasteiger partial charge in [-0.15, -0.1) is 0 Å². The lowest BCUT2D eigenvalue weighted by Crippen LogP contribution is -1.96. The predicted octanol–water partition coefficient (Wildman–Crippen LogP) is 2.47. The van der Waals surface area contributed by atoms with E-state index in [1.54, 1.807) is 13.3 Å². The van der Waals surface area contributed by atoms with E-state index in [1.807, 2.05) is 31.2 Å². The summed E-state index contributed by atoms with van der Waals surface area (Å²) < 4.78 is 5.23. The van der Waals surface area contributed by atoms with Gasteiger partial charge in [0.25, 0.3) is 0 Å². The molecule has 0 aliphatic carbocycles. The molecule has 0 aliphatic heterocycles. The van der Waals surface area contributed by atoms with Crippen LogP contribution in [0.5, 0.6) is 5.75 Å². The fourth-order valence-corrected chi connectivity index (χ4v) is 1.66. The van der Waals surface area contributed by atoms with Crippen LogP contribution in [0.3, 0.4) is 0 Å². The van der Waals surface area contributed by atoms with Gasteiger partial charge in [0.2, 0.25) is 0 Å². The molecule has 1 aromatic carbocycles. The first-order valence-corrected chi connectivity index (χ1v) is 4.90. The first-order valence-electron chi connectivity index (χ1n) is 4.90. The molecular formula is C12H12BNO.